The van der Waals surface area contributed by atoms with E-state index in [2.05, 4.69) is 9.88 Å². The van der Waals surface area contributed by atoms with Crippen molar-refractivity contribution in [3.63, 3.8) is 0 Å². The quantitative estimate of drug-likeness (QED) is 0.317. The molecular weight excluding hydrogens is 511 g/mol. The third kappa shape index (κ3) is 5.18. The Kier molecular flexibility index (Phi) is 7.40. The molecule has 192 valence electrons. The molecule has 9 heteroatoms. The first-order valence-electron chi connectivity index (χ1n) is 12.2. The molecular formula is C28H28Cl2N4O3. The lowest BCUT2D eigenvalue weighted by Crippen LogP contribution is -2.48. The van der Waals surface area contributed by atoms with E-state index in [-0.39, 0.29) is 5.91 Å². The summed E-state index contributed by atoms with van der Waals surface area (Å²) in [5.74, 6) is -0.540. The molecule has 37 heavy (non-hydrogen) atoms. The Labute approximate surface area is 225 Å². The van der Waals surface area contributed by atoms with Gasteiger partial charge in [0, 0.05) is 68.3 Å². The van der Waals surface area contributed by atoms with Crippen molar-refractivity contribution in [1.82, 2.24) is 14.8 Å². The third-order valence-corrected chi connectivity index (χ3v) is 7.69. The number of amides is 2. The first-order valence-corrected chi connectivity index (χ1v) is 13.0. The summed E-state index contributed by atoms with van der Waals surface area (Å²) in [6.07, 6.45) is 0.985. The van der Waals surface area contributed by atoms with E-state index in [1.54, 1.807) is 25.3 Å². The summed E-state index contributed by atoms with van der Waals surface area (Å²) in [7, 11) is 1.71. The van der Waals surface area contributed by atoms with Crippen LogP contribution in [0.2, 0.25) is 10.0 Å². The standard InChI is InChI=1S/C28H28Cl2N4O3/c1-37-12-2-7-33-8-10-34(11-9-33)28(36)18-4-6-25-20(13-18)21-14-19(15-22(27(31)35)26(21)32-25)17-3-5-23(29)24(30)16-17/h3-6,13-16,32H,2,7-12H2,1H3,(H2,31,35). The predicted octanol–water partition coefficient (Wildman–Crippen LogP) is 5.19. The number of fused-ring (bicyclic) bond motifs is 3. The van der Waals surface area contributed by atoms with Gasteiger partial charge in [0.15, 0.2) is 0 Å². The second kappa shape index (κ2) is 10.7. The molecule has 2 amide bonds. The van der Waals surface area contributed by atoms with E-state index in [0.717, 1.165) is 60.1 Å². The minimum absolute atomic E-state index is 0.00329. The van der Waals surface area contributed by atoms with Crippen LogP contribution in [-0.4, -0.2) is 73.0 Å². The van der Waals surface area contributed by atoms with E-state index >= 15 is 0 Å². The topological polar surface area (TPSA) is 91.7 Å². The van der Waals surface area contributed by atoms with E-state index in [9.17, 15) is 9.59 Å². The Hall–Kier alpha value is -3.10. The zero-order valence-corrected chi connectivity index (χ0v) is 22.0. The molecule has 5 rings (SSSR count). The molecule has 0 unspecified atom stereocenters. The molecule has 1 aromatic heterocycles. The van der Waals surface area contributed by atoms with E-state index in [1.807, 2.05) is 35.2 Å². The minimum Gasteiger partial charge on any atom is -0.385 e. The highest BCUT2D eigenvalue weighted by molar-refractivity contribution is 6.42. The van der Waals surface area contributed by atoms with Gasteiger partial charge in [0.2, 0.25) is 0 Å². The summed E-state index contributed by atoms with van der Waals surface area (Å²) in [6, 6.07) is 14.7. The molecule has 0 radical (unpaired) electrons. The van der Waals surface area contributed by atoms with Crippen molar-refractivity contribution in [2.24, 2.45) is 5.73 Å². The largest absolute Gasteiger partial charge is 0.385 e. The van der Waals surface area contributed by atoms with Crippen molar-refractivity contribution in [3.05, 3.63) is 69.7 Å². The molecule has 0 spiro atoms. The second-order valence-corrected chi connectivity index (χ2v) is 10.1. The van der Waals surface area contributed by atoms with Crippen molar-refractivity contribution in [2.75, 3.05) is 46.4 Å². The fourth-order valence-corrected chi connectivity index (χ4v) is 5.26. The molecule has 2 heterocycles. The lowest BCUT2D eigenvalue weighted by molar-refractivity contribution is 0.0624. The Morgan fingerprint density at radius 1 is 0.946 bits per heavy atom. The van der Waals surface area contributed by atoms with Crippen LogP contribution in [0.5, 0.6) is 0 Å². The average Bonchev–Trinajstić information content (AvgIpc) is 3.27. The molecule has 3 N–H and O–H groups in total. The van der Waals surface area contributed by atoms with Crippen molar-refractivity contribution in [1.29, 1.82) is 0 Å². The number of hydrogen-bond acceptors (Lipinski definition) is 4. The maximum absolute atomic E-state index is 13.4. The molecule has 1 aliphatic heterocycles. The fraction of sp³-hybridized carbons (Fsp3) is 0.286. The van der Waals surface area contributed by atoms with Crippen LogP contribution in [-0.2, 0) is 4.74 Å². The summed E-state index contributed by atoms with van der Waals surface area (Å²) in [4.78, 5) is 33.3. The van der Waals surface area contributed by atoms with E-state index in [0.29, 0.717) is 39.8 Å². The van der Waals surface area contributed by atoms with Gasteiger partial charge in [0.1, 0.15) is 0 Å². The number of hydrogen-bond donors (Lipinski definition) is 2. The fourth-order valence-electron chi connectivity index (χ4n) is 4.96. The number of benzene rings is 3. The highest BCUT2D eigenvalue weighted by Gasteiger charge is 2.23. The van der Waals surface area contributed by atoms with Crippen LogP contribution >= 0.6 is 23.2 Å². The lowest BCUT2D eigenvalue weighted by Gasteiger charge is -2.34. The molecule has 0 aliphatic carbocycles. The van der Waals surface area contributed by atoms with E-state index < -0.39 is 5.91 Å². The number of H-pyrrole nitrogens is 1. The summed E-state index contributed by atoms with van der Waals surface area (Å²) in [5.41, 5.74) is 9.78. The van der Waals surface area contributed by atoms with Crippen LogP contribution in [0.4, 0.5) is 0 Å². The van der Waals surface area contributed by atoms with Gasteiger partial charge in [-0.05, 0) is 60.0 Å². The maximum Gasteiger partial charge on any atom is 0.253 e. The number of nitrogens with two attached hydrogens (primary N) is 1. The average molecular weight is 539 g/mol. The number of methoxy groups -OCH3 is 1. The maximum atomic E-state index is 13.4. The summed E-state index contributed by atoms with van der Waals surface area (Å²) in [5, 5.41) is 2.53. The molecule has 3 aromatic carbocycles. The van der Waals surface area contributed by atoms with Crippen molar-refractivity contribution in [3.8, 4) is 11.1 Å². The number of aromatic nitrogens is 1. The van der Waals surface area contributed by atoms with Gasteiger partial charge in [-0.15, -0.1) is 0 Å². The number of piperazine rings is 1. The van der Waals surface area contributed by atoms with Gasteiger partial charge in [-0.1, -0.05) is 29.3 Å². The Morgan fingerprint density at radius 3 is 2.43 bits per heavy atom. The highest BCUT2D eigenvalue weighted by Crippen LogP contribution is 2.35. The molecule has 1 fully saturated rings. The zero-order valence-electron chi connectivity index (χ0n) is 20.5. The van der Waals surface area contributed by atoms with Gasteiger partial charge in [-0.3, -0.25) is 14.5 Å². The summed E-state index contributed by atoms with van der Waals surface area (Å²) < 4.78 is 5.14. The molecule has 0 saturated carbocycles. The molecule has 7 nitrogen and oxygen atoms in total. The number of nitrogens with zero attached hydrogens (tertiary/aromatic N) is 2. The number of aromatic amines is 1. The summed E-state index contributed by atoms with van der Waals surface area (Å²) >= 11 is 12.3. The number of primary amides is 1. The van der Waals surface area contributed by atoms with Crippen molar-refractivity contribution < 1.29 is 14.3 Å². The number of carbonyl (C=O) groups is 2. The lowest BCUT2D eigenvalue weighted by atomic mass is 9.98. The normalized spacial score (nSPS) is 14.5. The Morgan fingerprint density at radius 2 is 1.73 bits per heavy atom. The number of rotatable bonds is 7. The monoisotopic (exact) mass is 538 g/mol. The molecule has 0 bridgehead atoms. The molecule has 1 aliphatic rings. The molecule has 0 atom stereocenters. The van der Waals surface area contributed by atoms with E-state index in [1.165, 1.54) is 0 Å². The van der Waals surface area contributed by atoms with Gasteiger partial charge in [-0.2, -0.15) is 0 Å². The zero-order chi connectivity index (χ0) is 26.1. The molecule has 1 saturated heterocycles. The number of carbonyl (C=O) groups excluding carboxylic acids is 2. The SMILES string of the molecule is COCCCN1CCN(C(=O)c2ccc3[nH]c4c(C(N)=O)cc(-c5ccc(Cl)c(Cl)c5)cc4c3c2)CC1. The third-order valence-electron chi connectivity index (χ3n) is 6.96. The van der Waals surface area contributed by atoms with Crippen LogP contribution < -0.4 is 5.73 Å². The Balaban J connectivity index is 1.48. The van der Waals surface area contributed by atoms with Gasteiger partial charge in [0.05, 0.1) is 21.1 Å². The first kappa shape index (κ1) is 25.5. The van der Waals surface area contributed by atoms with Crippen LogP contribution in [0, 0.1) is 0 Å². The predicted molar refractivity (Wildman–Crippen MR) is 149 cm³/mol. The second-order valence-electron chi connectivity index (χ2n) is 9.31. The highest BCUT2D eigenvalue weighted by atomic mass is 35.5. The van der Waals surface area contributed by atoms with Gasteiger partial charge >= 0.3 is 0 Å². The number of ether oxygens (including phenoxy) is 1. The first-order chi connectivity index (χ1) is 17.9. The number of halogens is 2. The molecule has 4 aromatic rings. The Bertz CT molecular complexity index is 1490. The van der Waals surface area contributed by atoms with Crippen LogP contribution in [0.25, 0.3) is 32.9 Å². The van der Waals surface area contributed by atoms with Crippen molar-refractivity contribution >= 4 is 56.8 Å². The van der Waals surface area contributed by atoms with Crippen LogP contribution in [0.3, 0.4) is 0 Å². The minimum atomic E-state index is -0.543. The van der Waals surface area contributed by atoms with E-state index in [4.69, 9.17) is 33.7 Å². The van der Waals surface area contributed by atoms with Gasteiger partial charge in [-0.25, -0.2) is 0 Å². The number of nitrogens with one attached hydrogen (secondary N) is 1. The smallest absolute Gasteiger partial charge is 0.253 e. The van der Waals surface area contributed by atoms with Crippen LogP contribution in [0.15, 0.2) is 48.5 Å². The summed E-state index contributed by atoms with van der Waals surface area (Å²) in [6.45, 7) is 4.78. The van der Waals surface area contributed by atoms with Crippen LogP contribution in [0.1, 0.15) is 27.1 Å². The van der Waals surface area contributed by atoms with Crippen molar-refractivity contribution in [2.45, 2.75) is 6.42 Å². The van der Waals surface area contributed by atoms with Gasteiger partial charge in [0.25, 0.3) is 11.8 Å². The van der Waals surface area contributed by atoms with Gasteiger partial charge < -0.3 is 20.4 Å².